The molecule has 0 aliphatic carbocycles. The van der Waals surface area contributed by atoms with Gasteiger partial charge in [-0.05, 0) is 18.4 Å². The third kappa shape index (κ3) is 3.25. The van der Waals surface area contributed by atoms with Crippen molar-refractivity contribution in [2.75, 3.05) is 6.54 Å². The van der Waals surface area contributed by atoms with Crippen LogP contribution in [0, 0.1) is 0 Å². The first-order chi connectivity index (χ1) is 13.0. The number of rotatable bonds is 5. The number of imide groups is 1. The summed E-state index contributed by atoms with van der Waals surface area (Å²) in [6.07, 6.45) is 1.01. The third-order valence-electron chi connectivity index (χ3n) is 5.00. The van der Waals surface area contributed by atoms with Gasteiger partial charge in [-0.1, -0.05) is 30.3 Å². The maximum atomic E-state index is 12.7. The highest BCUT2D eigenvalue weighted by Crippen LogP contribution is 2.31. The van der Waals surface area contributed by atoms with Crippen molar-refractivity contribution in [3.63, 3.8) is 0 Å². The largest absolute Gasteiger partial charge is 0.355 e. The predicted octanol–water partition coefficient (Wildman–Crippen LogP) is 0.994. The van der Waals surface area contributed by atoms with Crippen molar-refractivity contribution in [2.24, 2.45) is 0 Å². The molecule has 0 saturated carbocycles. The topological polar surface area (TPSA) is 96.5 Å². The molecule has 3 fully saturated rings. The van der Waals surface area contributed by atoms with Crippen molar-refractivity contribution in [3.05, 3.63) is 35.9 Å². The molecule has 27 heavy (non-hydrogen) atoms. The van der Waals surface area contributed by atoms with Gasteiger partial charge in [0.15, 0.2) is 0 Å². The highest BCUT2D eigenvalue weighted by Gasteiger charge is 2.49. The third-order valence-corrected chi connectivity index (χ3v) is 5.00. The summed E-state index contributed by atoms with van der Waals surface area (Å²) in [5.41, 5.74) is 0.934. The van der Waals surface area contributed by atoms with Gasteiger partial charge in [-0.2, -0.15) is 5.06 Å². The first-order valence-corrected chi connectivity index (χ1v) is 8.89. The molecule has 9 heteroatoms. The van der Waals surface area contributed by atoms with E-state index in [1.165, 1.54) is 9.96 Å². The molecule has 3 heterocycles. The number of piperidine rings is 1. The second-order valence-electron chi connectivity index (χ2n) is 6.76. The van der Waals surface area contributed by atoms with Crippen molar-refractivity contribution < 1.29 is 28.9 Å². The fourth-order valence-corrected chi connectivity index (χ4v) is 3.57. The van der Waals surface area contributed by atoms with Gasteiger partial charge in [0.25, 0.3) is 11.8 Å². The second-order valence-corrected chi connectivity index (χ2v) is 6.76. The van der Waals surface area contributed by atoms with Crippen LogP contribution in [0.5, 0.6) is 0 Å². The van der Waals surface area contributed by atoms with Gasteiger partial charge in [0, 0.05) is 19.4 Å². The molecule has 0 spiro atoms. The molecule has 1 aromatic carbocycles. The van der Waals surface area contributed by atoms with E-state index in [2.05, 4.69) is 0 Å². The highest BCUT2D eigenvalue weighted by atomic mass is 16.7. The van der Waals surface area contributed by atoms with E-state index in [1.807, 2.05) is 30.3 Å². The summed E-state index contributed by atoms with van der Waals surface area (Å²) in [7, 11) is 0. The Balaban J connectivity index is 1.39. The SMILES string of the molecule is O=C(ON1C(=O)CCC1=O)[C@@H]1CC[C@@H]2CN1C(=O)N2OCc1ccccc1. The zero-order valence-electron chi connectivity index (χ0n) is 14.6. The van der Waals surface area contributed by atoms with E-state index in [-0.39, 0.29) is 25.5 Å². The van der Waals surface area contributed by atoms with Crippen LogP contribution in [-0.4, -0.2) is 57.5 Å². The zero-order valence-corrected chi connectivity index (χ0v) is 14.6. The summed E-state index contributed by atoms with van der Waals surface area (Å²) in [4.78, 5) is 60.4. The van der Waals surface area contributed by atoms with Crippen LogP contribution in [0.25, 0.3) is 0 Å². The Morgan fingerprint density at radius 2 is 1.74 bits per heavy atom. The van der Waals surface area contributed by atoms with E-state index in [0.717, 1.165) is 5.56 Å². The molecule has 3 aliphatic heterocycles. The fourth-order valence-electron chi connectivity index (χ4n) is 3.57. The highest BCUT2D eigenvalue weighted by molar-refractivity contribution is 6.02. The number of hydroxylamine groups is 4. The van der Waals surface area contributed by atoms with Gasteiger partial charge in [0.1, 0.15) is 12.6 Å². The molecule has 4 rings (SSSR count). The minimum absolute atomic E-state index is 0.0304. The molecular formula is C18H19N3O6. The van der Waals surface area contributed by atoms with Gasteiger partial charge < -0.3 is 9.74 Å². The minimum atomic E-state index is -0.833. The smallest absolute Gasteiger partial charge is 0.328 e. The summed E-state index contributed by atoms with van der Waals surface area (Å²) in [6, 6.07) is 8.09. The quantitative estimate of drug-likeness (QED) is 0.714. The number of benzene rings is 1. The number of nitrogens with zero attached hydrogens (tertiary/aromatic N) is 3. The summed E-state index contributed by atoms with van der Waals surface area (Å²) >= 11 is 0. The Bertz CT molecular complexity index is 767. The summed E-state index contributed by atoms with van der Waals surface area (Å²) in [5, 5.41) is 1.82. The standard InChI is InChI=1S/C18H19N3O6/c22-15-8-9-16(23)21(15)27-17(24)14-7-6-13-10-19(14)18(25)20(13)26-11-12-4-2-1-3-5-12/h1-5,13-14H,6-11H2/t13-,14+/m1/s1. The Kier molecular flexibility index (Phi) is 4.53. The average Bonchev–Trinajstić information content (AvgIpc) is 3.12. The Hall–Kier alpha value is -2.94. The molecule has 0 radical (unpaired) electrons. The Labute approximate surface area is 155 Å². The monoisotopic (exact) mass is 373 g/mol. The molecule has 0 unspecified atom stereocenters. The summed E-state index contributed by atoms with van der Waals surface area (Å²) in [5.74, 6) is -1.85. The van der Waals surface area contributed by atoms with Gasteiger partial charge in [-0.25, -0.2) is 9.59 Å². The molecular weight excluding hydrogens is 354 g/mol. The van der Waals surface area contributed by atoms with Crippen LogP contribution in [0.1, 0.15) is 31.2 Å². The van der Waals surface area contributed by atoms with Gasteiger partial charge in [0.05, 0.1) is 6.04 Å². The lowest BCUT2D eigenvalue weighted by atomic mass is 10.0. The van der Waals surface area contributed by atoms with Crippen LogP contribution >= 0.6 is 0 Å². The molecule has 9 nitrogen and oxygen atoms in total. The summed E-state index contributed by atoms with van der Waals surface area (Å²) < 4.78 is 0. The number of amides is 4. The van der Waals surface area contributed by atoms with Crippen LogP contribution in [0.2, 0.25) is 0 Å². The molecule has 0 N–H and O–H groups in total. The molecule has 0 aromatic heterocycles. The van der Waals surface area contributed by atoms with Gasteiger partial charge in [0.2, 0.25) is 0 Å². The van der Waals surface area contributed by atoms with Gasteiger partial charge in [-0.3, -0.25) is 14.4 Å². The maximum absolute atomic E-state index is 12.7. The zero-order chi connectivity index (χ0) is 19.0. The lowest BCUT2D eigenvalue weighted by Gasteiger charge is -2.29. The first kappa shape index (κ1) is 17.5. The molecule has 3 aliphatic rings. The number of carbonyl (C=O) groups is 4. The van der Waals surface area contributed by atoms with E-state index in [9.17, 15) is 19.2 Å². The van der Waals surface area contributed by atoms with Crippen molar-refractivity contribution in [3.8, 4) is 0 Å². The van der Waals surface area contributed by atoms with Crippen molar-refractivity contribution in [2.45, 2.75) is 44.4 Å². The molecule has 4 amide bonds. The second kappa shape index (κ2) is 6.99. The van der Waals surface area contributed by atoms with Crippen LogP contribution in [0.4, 0.5) is 4.79 Å². The molecule has 2 bridgehead atoms. The molecule has 142 valence electrons. The first-order valence-electron chi connectivity index (χ1n) is 8.89. The van der Waals surface area contributed by atoms with E-state index >= 15 is 0 Å². The maximum Gasteiger partial charge on any atom is 0.355 e. The minimum Gasteiger partial charge on any atom is -0.328 e. The van der Waals surface area contributed by atoms with Crippen LogP contribution in [0.3, 0.4) is 0 Å². The predicted molar refractivity (Wildman–Crippen MR) is 89.2 cm³/mol. The Morgan fingerprint density at radius 1 is 1.04 bits per heavy atom. The van der Waals surface area contributed by atoms with Gasteiger partial charge in [-0.15, -0.1) is 5.06 Å². The van der Waals surface area contributed by atoms with Crippen LogP contribution < -0.4 is 0 Å². The molecule has 1 aromatic rings. The lowest BCUT2D eigenvalue weighted by Crippen LogP contribution is -2.48. The number of fused-ring (bicyclic) bond motifs is 2. The van der Waals surface area contributed by atoms with Gasteiger partial charge >= 0.3 is 12.0 Å². The average molecular weight is 373 g/mol. The van der Waals surface area contributed by atoms with E-state index in [4.69, 9.17) is 9.68 Å². The number of carbonyl (C=O) groups excluding carboxylic acids is 4. The normalized spacial score (nSPS) is 24.7. The van der Waals surface area contributed by atoms with Crippen LogP contribution in [0.15, 0.2) is 30.3 Å². The molecule has 3 saturated heterocycles. The van der Waals surface area contributed by atoms with Crippen molar-refractivity contribution in [1.29, 1.82) is 0 Å². The van der Waals surface area contributed by atoms with Crippen LogP contribution in [-0.2, 0) is 30.7 Å². The lowest BCUT2D eigenvalue weighted by molar-refractivity contribution is -0.201. The van der Waals surface area contributed by atoms with Crippen molar-refractivity contribution >= 4 is 23.8 Å². The van der Waals surface area contributed by atoms with E-state index in [0.29, 0.717) is 24.4 Å². The number of urea groups is 1. The van der Waals surface area contributed by atoms with Crippen molar-refractivity contribution in [1.82, 2.24) is 15.0 Å². The molecule has 2 atom stereocenters. The Morgan fingerprint density at radius 3 is 2.44 bits per heavy atom. The number of hydrogen-bond donors (Lipinski definition) is 0. The van der Waals surface area contributed by atoms with E-state index < -0.39 is 29.9 Å². The number of hydrogen-bond acceptors (Lipinski definition) is 6. The summed E-state index contributed by atoms with van der Waals surface area (Å²) in [6.45, 7) is 0.595. The fraction of sp³-hybridized carbons (Fsp3) is 0.444. The van der Waals surface area contributed by atoms with E-state index in [1.54, 1.807) is 0 Å².